The van der Waals surface area contributed by atoms with Gasteiger partial charge in [-0.2, -0.15) is 0 Å². The maximum Gasteiger partial charge on any atom is 0.294 e. The second-order valence-corrected chi connectivity index (χ2v) is 7.23. The number of carbonyl (C=O) groups is 1. The summed E-state index contributed by atoms with van der Waals surface area (Å²) >= 11 is 0. The highest BCUT2D eigenvalue weighted by atomic mass is 31.0. The summed E-state index contributed by atoms with van der Waals surface area (Å²) in [4.78, 5) is 10.8. The molecule has 102 valence electrons. The molecule has 5 heteroatoms. The van der Waals surface area contributed by atoms with Crippen molar-refractivity contribution in [1.82, 2.24) is 5.32 Å². The Labute approximate surface area is 114 Å². The average Bonchev–Trinajstić information content (AvgIpc) is 2.24. The van der Waals surface area contributed by atoms with E-state index in [1.165, 1.54) is 12.5 Å². The number of hydrogen-bond donors (Lipinski definition) is 1. The molecule has 0 heterocycles. The first-order valence-electron chi connectivity index (χ1n) is 6.52. The van der Waals surface area contributed by atoms with E-state index in [2.05, 4.69) is 41.9 Å². The second-order valence-electron chi connectivity index (χ2n) is 6.03. The summed E-state index contributed by atoms with van der Waals surface area (Å²) < 4.78 is 5.92. The monoisotopic (exact) mass is 269 g/mol. The quantitative estimate of drug-likeness (QED) is 0.366. The minimum absolute atomic E-state index is 0.0126. The van der Waals surface area contributed by atoms with Crippen molar-refractivity contribution < 1.29 is 9.45 Å². The Hall–Kier alpha value is -0.335. The van der Waals surface area contributed by atoms with Gasteiger partial charge in [0.25, 0.3) is 7.48 Å². The summed E-state index contributed by atoms with van der Waals surface area (Å²) in [6, 6.07) is 0. The average molecular weight is 269 g/mol. The van der Waals surface area contributed by atoms with E-state index >= 15 is 0 Å². The first kappa shape index (κ1) is 15.7. The summed E-state index contributed by atoms with van der Waals surface area (Å²) in [5, 5.41) is 2.66. The third-order valence-corrected chi connectivity index (χ3v) is 4.68. The topological polar surface area (TPSA) is 38.3 Å². The highest BCUT2D eigenvalue weighted by Gasteiger charge is 2.44. The lowest BCUT2D eigenvalue weighted by Gasteiger charge is -2.48. The minimum atomic E-state index is -0.0853. The summed E-state index contributed by atoms with van der Waals surface area (Å²) in [6.07, 6.45) is 2.87. The van der Waals surface area contributed by atoms with Crippen LogP contribution in [0, 0.1) is 5.41 Å². The Bertz CT molecular complexity index is 342. The third kappa shape index (κ3) is 3.58. The predicted molar refractivity (Wildman–Crippen MR) is 81.0 cm³/mol. The molecule has 0 aromatic heterocycles. The van der Waals surface area contributed by atoms with Crippen LogP contribution in [0.5, 0.6) is 0 Å². The van der Waals surface area contributed by atoms with Crippen LogP contribution in [0.15, 0.2) is 12.2 Å². The zero-order valence-electron chi connectivity index (χ0n) is 12.0. The summed E-state index contributed by atoms with van der Waals surface area (Å²) in [6.45, 7) is 12.4. The maximum atomic E-state index is 10.8. The molecule has 1 aliphatic rings. The summed E-state index contributed by atoms with van der Waals surface area (Å²) in [7, 11) is 3.46. The number of rotatable bonds is 4. The number of nitrogens with one attached hydrogen (secondary N) is 1. The Kier molecular flexibility index (Phi) is 5.02. The van der Waals surface area contributed by atoms with Gasteiger partial charge < -0.3 is 9.97 Å². The van der Waals surface area contributed by atoms with Gasteiger partial charge in [0.15, 0.2) is 0 Å². The molecule has 1 unspecified atom stereocenters. The van der Waals surface area contributed by atoms with E-state index in [1.54, 1.807) is 0 Å². The van der Waals surface area contributed by atoms with E-state index < -0.39 is 0 Å². The number of amides is 1. The summed E-state index contributed by atoms with van der Waals surface area (Å²) in [5.41, 5.74) is 1.41. The van der Waals surface area contributed by atoms with E-state index in [-0.39, 0.29) is 22.6 Å². The molecule has 1 fully saturated rings. The van der Waals surface area contributed by atoms with Crippen LogP contribution < -0.4 is 5.32 Å². The Morgan fingerprint density at radius 3 is 2.78 bits per heavy atom. The Balaban J connectivity index is 2.52. The van der Waals surface area contributed by atoms with Gasteiger partial charge in [-0.1, -0.05) is 26.0 Å². The first-order valence-corrected chi connectivity index (χ1v) is 7.10. The lowest BCUT2D eigenvalue weighted by molar-refractivity contribution is -0.118. The lowest BCUT2D eigenvalue weighted by Crippen LogP contribution is -2.47. The van der Waals surface area contributed by atoms with Gasteiger partial charge in [0.05, 0.1) is 6.10 Å². The van der Waals surface area contributed by atoms with Crippen LogP contribution in [0.1, 0.15) is 40.5 Å². The molecule has 1 saturated carbocycles. The SMILES string of the molecule is C=C1C(C)(C)CC[C@@H](OBCNC(C)=O)[C@@]1(C)P. The van der Waals surface area contributed by atoms with Crippen molar-refractivity contribution in [2.75, 3.05) is 6.44 Å². The predicted octanol–water partition coefficient (Wildman–Crippen LogP) is 1.83. The molecule has 3 nitrogen and oxygen atoms in total. The highest BCUT2D eigenvalue weighted by Crippen LogP contribution is 2.50. The summed E-state index contributed by atoms with van der Waals surface area (Å²) in [5.74, 6) is -0.0126. The zero-order valence-corrected chi connectivity index (χ0v) is 13.2. The van der Waals surface area contributed by atoms with Crippen LogP contribution in [0.2, 0.25) is 0 Å². The highest BCUT2D eigenvalue weighted by molar-refractivity contribution is 7.19. The van der Waals surface area contributed by atoms with Crippen molar-refractivity contribution in [2.24, 2.45) is 5.41 Å². The fraction of sp³-hybridized carbons (Fsp3) is 0.769. The van der Waals surface area contributed by atoms with Crippen molar-refractivity contribution in [3.63, 3.8) is 0 Å². The zero-order chi connectivity index (χ0) is 14.0. The van der Waals surface area contributed by atoms with Crippen LogP contribution in [0.25, 0.3) is 0 Å². The fourth-order valence-electron chi connectivity index (χ4n) is 2.55. The second kappa shape index (κ2) is 5.75. The molecular weight excluding hydrogens is 244 g/mol. The van der Waals surface area contributed by atoms with Crippen LogP contribution in [0.4, 0.5) is 0 Å². The molecule has 0 aromatic carbocycles. The molecular formula is C13H25BNO2P. The molecule has 3 atom stereocenters. The van der Waals surface area contributed by atoms with Gasteiger partial charge in [-0.25, -0.2) is 0 Å². The molecule has 1 amide bonds. The standard InChI is InChI=1S/C13H25BNO2P/c1-9-12(3,4)7-6-11(13(9,5)18)17-14-8-15-10(2)16/h11,14H,1,6-8,18H2,2-5H3,(H,15,16)/t11-,13+/m1/s1. The van der Waals surface area contributed by atoms with Crippen molar-refractivity contribution in [2.45, 2.75) is 51.8 Å². The molecule has 1 rings (SSSR count). The van der Waals surface area contributed by atoms with E-state index in [0.717, 1.165) is 12.8 Å². The fourth-order valence-corrected chi connectivity index (χ4v) is 3.20. The van der Waals surface area contributed by atoms with Crippen molar-refractivity contribution >= 4 is 22.6 Å². The van der Waals surface area contributed by atoms with Gasteiger partial charge in [0.1, 0.15) is 0 Å². The molecule has 0 aliphatic heterocycles. The smallest absolute Gasteiger partial charge is 0.294 e. The maximum absolute atomic E-state index is 10.8. The Morgan fingerprint density at radius 1 is 1.61 bits per heavy atom. The van der Waals surface area contributed by atoms with E-state index in [1.807, 2.05) is 0 Å². The van der Waals surface area contributed by atoms with Crippen molar-refractivity contribution in [3.05, 3.63) is 12.2 Å². The normalized spacial score (nSPS) is 30.9. The largest absolute Gasteiger partial charge is 0.434 e. The molecule has 0 bridgehead atoms. The molecule has 0 aromatic rings. The van der Waals surface area contributed by atoms with Gasteiger partial charge in [0.2, 0.25) is 5.91 Å². The van der Waals surface area contributed by atoms with Gasteiger partial charge in [0, 0.05) is 18.5 Å². The van der Waals surface area contributed by atoms with Gasteiger partial charge in [-0.15, -0.1) is 9.24 Å². The van der Waals surface area contributed by atoms with Crippen LogP contribution in [-0.4, -0.2) is 31.1 Å². The molecule has 18 heavy (non-hydrogen) atoms. The molecule has 1 aliphatic carbocycles. The molecule has 0 spiro atoms. The van der Waals surface area contributed by atoms with E-state index in [0.29, 0.717) is 13.9 Å². The van der Waals surface area contributed by atoms with E-state index in [4.69, 9.17) is 4.65 Å². The van der Waals surface area contributed by atoms with Gasteiger partial charge in [-0.05, 0) is 25.2 Å². The third-order valence-electron chi connectivity index (χ3n) is 3.96. The number of hydrogen-bond acceptors (Lipinski definition) is 2. The van der Waals surface area contributed by atoms with Crippen LogP contribution in [0.3, 0.4) is 0 Å². The molecule has 0 saturated heterocycles. The van der Waals surface area contributed by atoms with E-state index in [9.17, 15) is 4.79 Å². The van der Waals surface area contributed by atoms with Crippen LogP contribution >= 0.6 is 9.24 Å². The van der Waals surface area contributed by atoms with Gasteiger partial charge >= 0.3 is 0 Å². The minimum Gasteiger partial charge on any atom is -0.434 e. The molecule has 1 N–H and O–H groups in total. The van der Waals surface area contributed by atoms with Crippen LogP contribution in [-0.2, 0) is 9.45 Å². The lowest BCUT2D eigenvalue weighted by atomic mass is 9.67. The first-order chi connectivity index (χ1) is 8.18. The Morgan fingerprint density at radius 2 is 2.22 bits per heavy atom. The van der Waals surface area contributed by atoms with Gasteiger partial charge in [-0.3, -0.25) is 4.79 Å². The van der Waals surface area contributed by atoms with Crippen molar-refractivity contribution in [1.29, 1.82) is 0 Å². The molecule has 0 radical (unpaired) electrons. The van der Waals surface area contributed by atoms with Crippen molar-refractivity contribution in [3.8, 4) is 0 Å². The number of carbonyl (C=O) groups excluding carboxylic acids is 1.